The molecule has 0 spiro atoms. The number of halogens is 1. The third-order valence-electron chi connectivity index (χ3n) is 11.4. The lowest BCUT2D eigenvalue weighted by atomic mass is 10.0. The van der Waals surface area contributed by atoms with Crippen molar-refractivity contribution in [2.75, 3.05) is 11.9 Å². The first-order chi connectivity index (χ1) is 25.7. The topological polar surface area (TPSA) is 197 Å². The largest absolute Gasteiger partial charge is 0.444 e. The number of ether oxygens (including phenoxy) is 1. The molecule has 14 nitrogen and oxygen atoms in total. The van der Waals surface area contributed by atoms with Gasteiger partial charge in [-0.2, -0.15) is 0 Å². The minimum atomic E-state index is -4.02. The Morgan fingerprint density at radius 3 is 2.57 bits per heavy atom. The molecule has 5 N–H and O–H groups in total. The second kappa shape index (κ2) is 14.3. The number of hydrogen-bond donors (Lipinski definition) is 4. The number of sulfonamides is 1. The summed E-state index contributed by atoms with van der Waals surface area (Å²) in [5, 5.41) is 6.05. The van der Waals surface area contributed by atoms with Crippen molar-refractivity contribution in [1.29, 1.82) is 0 Å². The van der Waals surface area contributed by atoms with Gasteiger partial charge < -0.3 is 26.0 Å². The first-order valence-corrected chi connectivity index (χ1v) is 19.9. The molecule has 54 heavy (non-hydrogen) atoms. The summed E-state index contributed by atoms with van der Waals surface area (Å²) in [5.41, 5.74) is 5.71. The number of nitrogens with two attached hydrogens (primary N) is 1. The zero-order valence-corrected chi connectivity index (χ0v) is 30.8. The van der Waals surface area contributed by atoms with Gasteiger partial charge in [-0.1, -0.05) is 43.2 Å². The Morgan fingerprint density at radius 1 is 1.06 bits per heavy atom. The zero-order valence-electron chi connectivity index (χ0n) is 30.0. The van der Waals surface area contributed by atoms with Crippen molar-refractivity contribution in [2.45, 2.75) is 106 Å². The van der Waals surface area contributed by atoms with E-state index >= 15 is 0 Å². The Bertz CT molecular complexity index is 2020. The highest BCUT2D eigenvalue weighted by Crippen LogP contribution is 2.47. The normalized spacial score (nSPS) is 28.3. The maximum absolute atomic E-state index is 14.5. The van der Waals surface area contributed by atoms with Crippen molar-refractivity contribution in [1.82, 2.24) is 19.8 Å². The summed E-state index contributed by atoms with van der Waals surface area (Å²) >= 11 is 0. The molecule has 0 aromatic heterocycles. The monoisotopic (exact) mass is 764 g/mol. The lowest BCUT2D eigenvalue weighted by Gasteiger charge is -2.30. The number of allylic oxidation sites excluding steroid dienone is 1. The molecule has 288 valence electrons. The molecule has 0 unspecified atom stereocenters. The Morgan fingerprint density at radius 2 is 1.83 bits per heavy atom. The van der Waals surface area contributed by atoms with Crippen LogP contribution in [0.4, 0.5) is 14.9 Å². The summed E-state index contributed by atoms with van der Waals surface area (Å²) in [6.07, 6.45) is 6.25. The minimum Gasteiger partial charge on any atom is -0.444 e. The van der Waals surface area contributed by atoms with Gasteiger partial charge in [0.25, 0.3) is 5.91 Å². The van der Waals surface area contributed by atoms with Crippen molar-refractivity contribution in [3.05, 3.63) is 77.1 Å². The summed E-state index contributed by atoms with van der Waals surface area (Å²) in [4.78, 5) is 70.7. The molecule has 2 aromatic rings. The first kappa shape index (κ1) is 37.3. The Kier molecular flexibility index (Phi) is 9.91. The highest BCUT2D eigenvalue weighted by molar-refractivity contribution is 7.91. The van der Waals surface area contributed by atoms with Gasteiger partial charge in [-0.3, -0.25) is 28.8 Å². The fourth-order valence-electron chi connectivity index (χ4n) is 7.64. The van der Waals surface area contributed by atoms with Gasteiger partial charge in [0.15, 0.2) is 0 Å². The van der Waals surface area contributed by atoms with Crippen molar-refractivity contribution in [3.8, 4) is 0 Å². The summed E-state index contributed by atoms with van der Waals surface area (Å²) in [5.74, 6) is -3.53. The molecule has 1 saturated heterocycles. The van der Waals surface area contributed by atoms with E-state index < -0.39 is 80.0 Å². The molecule has 5 amide bonds. The van der Waals surface area contributed by atoms with Gasteiger partial charge in [-0.15, -0.1) is 0 Å². The standard InChI is InChI=1S/C38H45FN6O8S/c1-37(15-16-37)54(51,52)43-35(49)38-19-25(38)11-5-3-2-4-6-14-30(41-26-12-7-9-23(17-26)32(40)46)34(48)45-21-27(18-31(45)33(47)42-38)53-36(50)44-20-24-10-8-13-29(39)28(24)22-44/h5,7-13,17,25,27,30-31,41H,2-4,6,14-16,18-22H2,1H3,(H2,40,46)(H,42,47)(H,43,49)/b11-5-/t25-,27-,30+,31+,38-/m1/s1. The maximum Gasteiger partial charge on any atom is 0.410 e. The molecule has 0 radical (unpaired) electrons. The smallest absolute Gasteiger partial charge is 0.410 e. The van der Waals surface area contributed by atoms with E-state index in [4.69, 9.17) is 10.5 Å². The number of amides is 5. The molecular weight excluding hydrogens is 720 g/mol. The third-order valence-corrected chi connectivity index (χ3v) is 13.6. The molecular formula is C38H45FN6O8S. The van der Waals surface area contributed by atoms with E-state index in [-0.39, 0.29) is 38.0 Å². The molecule has 2 saturated carbocycles. The highest BCUT2D eigenvalue weighted by atomic mass is 32.2. The van der Waals surface area contributed by atoms with Crippen LogP contribution in [0, 0.1) is 11.7 Å². The van der Waals surface area contributed by atoms with Crippen LogP contribution in [0.3, 0.4) is 0 Å². The number of nitrogens with one attached hydrogen (secondary N) is 3. The number of anilines is 1. The van der Waals surface area contributed by atoms with Crippen LogP contribution in [0.5, 0.6) is 0 Å². The molecule has 5 atom stereocenters. The number of hydrogen-bond acceptors (Lipinski definition) is 9. The molecule has 3 heterocycles. The number of rotatable bonds is 7. The van der Waals surface area contributed by atoms with Crippen LogP contribution in [-0.4, -0.2) is 83.0 Å². The van der Waals surface area contributed by atoms with E-state index in [9.17, 15) is 36.8 Å². The number of fused-ring (bicyclic) bond motifs is 3. The number of carbonyl (C=O) groups excluding carboxylic acids is 5. The van der Waals surface area contributed by atoms with Crippen LogP contribution in [0.25, 0.3) is 0 Å². The van der Waals surface area contributed by atoms with E-state index in [0.29, 0.717) is 48.9 Å². The molecule has 2 aromatic carbocycles. The van der Waals surface area contributed by atoms with Crippen LogP contribution < -0.4 is 21.1 Å². The fourth-order valence-corrected chi connectivity index (χ4v) is 8.95. The van der Waals surface area contributed by atoms with Gasteiger partial charge >= 0.3 is 6.09 Å². The molecule has 2 aliphatic carbocycles. The number of nitrogens with zero attached hydrogens (tertiary/aromatic N) is 2. The van der Waals surface area contributed by atoms with Crippen molar-refractivity contribution in [3.63, 3.8) is 0 Å². The van der Waals surface area contributed by atoms with Crippen molar-refractivity contribution in [2.24, 2.45) is 11.7 Å². The third kappa shape index (κ3) is 7.39. The summed E-state index contributed by atoms with van der Waals surface area (Å²) in [7, 11) is -4.02. The Balaban J connectivity index is 1.16. The van der Waals surface area contributed by atoms with Crippen molar-refractivity contribution >= 4 is 45.4 Å². The zero-order chi connectivity index (χ0) is 38.4. The lowest BCUT2D eigenvalue weighted by Crippen LogP contribution is -2.58. The van der Waals surface area contributed by atoms with Crippen molar-refractivity contribution < 1.29 is 41.5 Å². The van der Waals surface area contributed by atoms with E-state index in [1.165, 1.54) is 21.9 Å². The Labute approximate surface area is 313 Å². The highest BCUT2D eigenvalue weighted by Gasteiger charge is 2.63. The molecule has 16 heteroatoms. The maximum atomic E-state index is 14.5. The fraction of sp³-hybridized carbons (Fsp3) is 0.500. The van der Waals surface area contributed by atoms with E-state index in [1.807, 2.05) is 12.2 Å². The quantitative estimate of drug-likeness (QED) is 0.306. The number of benzene rings is 2. The van der Waals surface area contributed by atoms with E-state index in [1.54, 1.807) is 37.3 Å². The van der Waals surface area contributed by atoms with Gasteiger partial charge in [0.1, 0.15) is 29.5 Å². The second-order valence-corrected chi connectivity index (χ2v) is 17.5. The molecule has 0 bridgehead atoms. The number of carbonyl (C=O) groups is 5. The SMILES string of the molecule is CC1(S(=O)(=O)NC(=O)[C@@]23C[C@H]2/C=C\CCCCC[C@H](Nc2cccc(C(N)=O)c2)C(=O)N2C[C@H](OC(=O)N4Cc5cccc(F)c5C4)C[C@H]2C(=O)N3)CC1. The van der Waals surface area contributed by atoms with Gasteiger partial charge in [0.05, 0.1) is 17.8 Å². The van der Waals surface area contributed by atoms with E-state index in [0.717, 1.165) is 12.8 Å². The molecule has 3 aliphatic heterocycles. The van der Waals surface area contributed by atoms with Crippen LogP contribution in [0.2, 0.25) is 0 Å². The molecule has 7 rings (SSSR count). The molecule has 3 fully saturated rings. The van der Waals surface area contributed by atoms with Gasteiger partial charge in [-0.25, -0.2) is 17.6 Å². The predicted octanol–water partition coefficient (Wildman–Crippen LogP) is 3.22. The average Bonchev–Trinajstić information content (AvgIpc) is 3.92. The first-order valence-electron chi connectivity index (χ1n) is 18.4. The summed E-state index contributed by atoms with van der Waals surface area (Å²) in [6, 6.07) is 9.00. The summed E-state index contributed by atoms with van der Waals surface area (Å²) in [6.45, 7) is 1.56. The summed E-state index contributed by atoms with van der Waals surface area (Å²) < 4.78 is 47.7. The van der Waals surface area contributed by atoms with Crippen LogP contribution in [0.15, 0.2) is 54.6 Å². The van der Waals surface area contributed by atoms with Gasteiger partial charge in [0, 0.05) is 35.7 Å². The molecule has 5 aliphatic rings. The number of primary amides is 1. The van der Waals surface area contributed by atoms with Crippen LogP contribution in [0.1, 0.15) is 86.2 Å². The lowest BCUT2D eigenvalue weighted by molar-refractivity contribution is -0.140. The van der Waals surface area contributed by atoms with Gasteiger partial charge in [-0.05, 0) is 75.3 Å². The Hall–Kier alpha value is -4.99. The van der Waals surface area contributed by atoms with Crippen LogP contribution >= 0.6 is 0 Å². The predicted molar refractivity (Wildman–Crippen MR) is 194 cm³/mol. The average molecular weight is 765 g/mol. The van der Waals surface area contributed by atoms with Gasteiger partial charge in [0.2, 0.25) is 27.7 Å². The minimum absolute atomic E-state index is 0.00493. The second-order valence-electron chi connectivity index (χ2n) is 15.3. The van der Waals surface area contributed by atoms with E-state index in [2.05, 4.69) is 15.4 Å². The van der Waals surface area contributed by atoms with Crippen LogP contribution in [-0.2, 0) is 42.2 Å².